The highest BCUT2D eigenvalue weighted by atomic mass is 35.5. The first-order valence-electron chi connectivity index (χ1n) is 9.29. The first-order valence-corrected chi connectivity index (χ1v) is 10.9. The Bertz CT molecular complexity index is 1160. The second kappa shape index (κ2) is 9.00. The van der Waals surface area contributed by atoms with Crippen LogP contribution in [0.5, 0.6) is 0 Å². The molecule has 30 heavy (non-hydrogen) atoms. The summed E-state index contributed by atoms with van der Waals surface area (Å²) in [7, 11) is 0. The van der Waals surface area contributed by atoms with E-state index in [1.807, 2.05) is 54.6 Å². The van der Waals surface area contributed by atoms with E-state index in [0.717, 1.165) is 26.6 Å². The maximum Gasteiger partial charge on any atom is 0.308 e. The Kier molecular flexibility index (Phi) is 6.18. The topological polar surface area (TPSA) is 50.2 Å². The predicted octanol–water partition coefficient (Wildman–Crippen LogP) is 6.92. The molecular formula is C24H17Cl2NO2S. The van der Waals surface area contributed by atoms with Crippen molar-refractivity contribution >= 4 is 40.5 Å². The summed E-state index contributed by atoms with van der Waals surface area (Å²) in [5.41, 5.74) is 3.66. The number of benzene rings is 3. The highest BCUT2D eigenvalue weighted by Crippen LogP contribution is 2.39. The lowest BCUT2D eigenvalue weighted by molar-refractivity contribution is -0.136. The molecule has 1 heterocycles. The van der Waals surface area contributed by atoms with Crippen LogP contribution in [0.3, 0.4) is 0 Å². The molecule has 0 aliphatic carbocycles. The summed E-state index contributed by atoms with van der Waals surface area (Å²) in [6.07, 6.45) is -0.0856. The van der Waals surface area contributed by atoms with Crippen molar-refractivity contribution in [1.82, 2.24) is 4.98 Å². The van der Waals surface area contributed by atoms with Gasteiger partial charge >= 0.3 is 5.97 Å². The summed E-state index contributed by atoms with van der Waals surface area (Å²) in [4.78, 5) is 17.1. The molecule has 3 nitrogen and oxygen atoms in total. The van der Waals surface area contributed by atoms with Gasteiger partial charge < -0.3 is 5.11 Å². The highest BCUT2D eigenvalue weighted by molar-refractivity contribution is 7.12. The number of carbonyl (C=O) groups is 1. The number of thiazole rings is 1. The minimum atomic E-state index is -0.886. The fourth-order valence-corrected chi connectivity index (χ4v) is 4.85. The predicted molar refractivity (Wildman–Crippen MR) is 123 cm³/mol. The van der Waals surface area contributed by atoms with Gasteiger partial charge in [-0.05, 0) is 35.4 Å². The molecule has 0 fully saturated rings. The Hall–Kier alpha value is -2.66. The van der Waals surface area contributed by atoms with Gasteiger partial charge in [-0.15, -0.1) is 11.3 Å². The minimum Gasteiger partial charge on any atom is -0.481 e. The van der Waals surface area contributed by atoms with E-state index in [1.54, 1.807) is 12.1 Å². The van der Waals surface area contributed by atoms with Crippen molar-refractivity contribution in [2.24, 2.45) is 0 Å². The van der Waals surface area contributed by atoms with Gasteiger partial charge in [-0.2, -0.15) is 0 Å². The molecule has 0 saturated heterocycles. The molecule has 0 saturated carbocycles. The molecule has 0 radical (unpaired) electrons. The van der Waals surface area contributed by atoms with Crippen molar-refractivity contribution in [1.29, 1.82) is 0 Å². The Labute approximate surface area is 188 Å². The Balaban J connectivity index is 1.87. The third-order valence-corrected chi connectivity index (χ3v) is 6.35. The molecule has 0 amide bonds. The van der Waals surface area contributed by atoms with Gasteiger partial charge in [0.2, 0.25) is 0 Å². The van der Waals surface area contributed by atoms with E-state index in [0.29, 0.717) is 15.7 Å². The quantitative estimate of drug-likeness (QED) is 0.344. The number of aliphatic carboxylic acids is 1. The maximum atomic E-state index is 11.5. The number of halogens is 2. The van der Waals surface area contributed by atoms with Gasteiger partial charge in [-0.25, -0.2) is 4.98 Å². The molecule has 1 unspecified atom stereocenters. The molecule has 0 bridgehead atoms. The van der Waals surface area contributed by atoms with Crippen LogP contribution in [0.4, 0.5) is 0 Å². The number of aromatic nitrogens is 1. The summed E-state index contributed by atoms with van der Waals surface area (Å²) in [6, 6.07) is 25.1. The van der Waals surface area contributed by atoms with E-state index in [2.05, 4.69) is 12.1 Å². The van der Waals surface area contributed by atoms with Crippen molar-refractivity contribution in [3.05, 3.63) is 110 Å². The van der Waals surface area contributed by atoms with Gasteiger partial charge in [0.1, 0.15) is 5.01 Å². The fourth-order valence-electron chi connectivity index (χ4n) is 3.36. The monoisotopic (exact) mass is 453 g/mol. The molecule has 3 aromatic carbocycles. The lowest BCUT2D eigenvalue weighted by atomic mass is 9.92. The molecule has 0 spiro atoms. The summed E-state index contributed by atoms with van der Waals surface area (Å²) < 4.78 is 0. The van der Waals surface area contributed by atoms with E-state index in [4.69, 9.17) is 28.2 Å². The second-order valence-electron chi connectivity index (χ2n) is 6.80. The Morgan fingerprint density at radius 1 is 0.867 bits per heavy atom. The van der Waals surface area contributed by atoms with Crippen LogP contribution in [-0.2, 0) is 11.2 Å². The highest BCUT2D eigenvalue weighted by Gasteiger charge is 2.24. The molecule has 1 aromatic heterocycles. The summed E-state index contributed by atoms with van der Waals surface area (Å²) >= 11 is 13.6. The van der Waals surface area contributed by atoms with Crippen LogP contribution in [0.15, 0.2) is 78.9 Å². The number of carboxylic acid groups (broad SMARTS) is 1. The molecule has 1 N–H and O–H groups in total. The van der Waals surface area contributed by atoms with Crippen LogP contribution in [0.2, 0.25) is 10.0 Å². The van der Waals surface area contributed by atoms with Crippen LogP contribution in [0.1, 0.15) is 26.9 Å². The smallest absolute Gasteiger partial charge is 0.308 e. The van der Waals surface area contributed by atoms with E-state index >= 15 is 0 Å². The second-order valence-corrected chi connectivity index (χ2v) is 8.78. The van der Waals surface area contributed by atoms with Crippen LogP contribution in [-0.4, -0.2) is 16.1 Å². The van der Waals surface area contributed by atoms with E-state index in [-0.39, 0.29) is 12.3 Å². The summed E-state index contributed by atoms with van der Waals surface area (Å²) in [5.74, 6) is -1.01. The maximum absolute atomic E-state index is 11.5. The third-order valence-electron chi connectivity index (χ3n) is 4.73. The molecule has 4 aromatic rings. The normalized spacial score (nSPS) is 11.9. The summed E-state index contributed by atoms with van der Waals surface area (Å²) in [6.45, 7) is 0. The largest absolute Gasteiger partial charge is 0.481 e. The van der Waals surface area contributed by atoms with Crippen molar-refractivity contribution in [3.63, 3.8) is 0 Å². The molecule has 0 aliphatic rings. The molecule has 6 heteroatoms. The van der Waals surface area contributed by atoms with Crippen LogP contribution < -0.4 is 0 Å². The first kappa shape index (κ1) is 20.6. The lowest BCUT2D eigenvalue weighted by Crippen LogP contribution is -2.02. The van der Waals surface area contributed by atoms with Gasteiger partial charge in [0.25, 0.3) is 0 Å². The van der Waals surface area contributed by atoms with Crippen molar-refractivity contribution in [2.75, 3.05) is 0 Å². The van der Waals surface area contributed by atoms with Crippen molar-refractivity contribution in [3.8, 4) is 11.3 Å². The molecular weight excluding hydrogens is 437 g/mol. The number of hydrogen-bond donors (Lipinski definition) is 1. The Morgan fingerprint density at radius 3 is 2.03 bits per heavy atom. The van der Waals surface area contributed by atoms with E-state index in [9.17, 15) is 9.90 Å². The van der Waals surface area contributed by atoms with Gasteiger partial charge in [0, 0.05) is 20.5 Å². The number of hydrogen-bond acceptors (Lipinski definition) is 3. The molecule has 4 rings (SSSR count). The van der Waals surface area contributed by atoms with Crippen molar-refractivity contribution in [2.45, 2.75) is 12.3 Å². The average Bonchev–Trinajstić information content (AvgIpc) is 3.13. The fraction of sp³-hybridized carbons (Fsp3) is 0.0833. The lowest BCUT2D eigenvalue weighted by Gasteiger charge is -2.16. The van der Waals surface area contributed by atoms with E-state index < -0.39 is 5.97 Å². The van der Waals surface area contributed by atoms with Gasteiger partial charge in [-0.1, -0.05) is 77.8 Å². The minimum absolute atomic E-state index is 0.0856. The zero-order chi connectivity index (χ0) is 21.1. The standard InChI is InChI=1S/C24H17Cl2NO2S/c25-18-10-6-16(7-11-18)22(15-4-2-1-3-5-15)24-27-23(20(30-24)14-21(28)29)17-8-12-19(26)13-9-17/h1-13,22H,14H2,(H,28,29). The van der Waals surface area contributed by atoms with Gasteiger partial charge in [0.15, 0.2) is 0 Å². The van der Waals surface area contributed by atoms with Gasteiger partial charge in [-0.3, -0.25) is 4.79 Å². The zero-order valence-corrected chi connectivity index (χ0v) is 18.1. The van der Waals surface area contributed by atoms with Gasteiger partial charge in [0.05, 0.1) is 18.0 Å². The SMILES string of the molecule is O=C(O)Cc1sc(C(c2ccccc2)c2ccc(Cl)cc2)nc1-c1ccc(Cl)cc1. The van der Waals surface area contributed by atoms with Crippen LogP contribution in [0.25, 0.3) is 11.3 Å². The molecule has 0 aliphatic heterocycles. The number of carboxylic acids is 1. The zero-order valence-electron chi connectivity index (χ0n) is 15.8. The molecule has 1 atom stereocenters. The van der Waals surface area contributed by atoms with Crippen LogP contribution in [0, 0.1) is 0 Å². The third kappa shape index (κ3) is 4.57. The van der Waals surface area contributed by atoms with Crippen molar-refractivity contribution < 1.29 is 9.90 Å². The van der Waals surface area contributed by atoms with Crippen LogP contribution >= 0.6 is 34.5 Å². The number of rotatable bonds is 6. The number of nitrogens with zero attached hydrogens (tertiary/aromatic N) is 1. The molecule has 150 valence electrons. The van der Waals surface area contributed by atoms with E-state index in [1.165, 1.54) is 11.3 Å². The first-order chi connectivity index (χ1) is 14.5. The Morgan fingerprint density at radius 2 is 1.43 bits per heavy atom. The summed E-state index contributed by atoms with van der Waals surface area (Å²) in [5, 5.41) is 11.6. The average molecular weight is 454 g/mol.